The molecule has 0 aliphatic carbocycles. The summed E-state index contributed by atoms with van der Waals surface area (Å²) < 4.78 is 5.04. The van der Waals surface area contributed by atoms with E-state index >= 15 is 0 Å². The number of carbonyl (C=O) groups excluding carboxylic acids is 1. The molecule has 1 rings (SSSR count). The van der Waals surface area contributed by atoms with Crippen LogP contribution in [0.3, 0.4) is 0 Å². The molecular weight excluding hydrogens is 170 g/mol. The first-order valence-corrected chi connectivity index (χ1v) is 4.61. The first-order valence-electron chi connectivity index (χ1n) is 4.61. The summed E-state index contributed by atoms with van der Waals surface area (Å²) in [5.41, 5.74) is 0. The van der Waals surface area contributed by atoms with Crippen LogP contribution in [0.25, 0.3) is 0 Å². The van der Waals surface area contributed by atoms with Gasteiger partial charge in [-0.3, -0.25) is 10.1 Å². The zero-order valence-corrected chi connectivity index (χ0v) is 7.93. The van der Waals surface area contributed by atoms with Crippen molar-refractivity contribution in [3.63, 3.8) is 0 Å². The third-order valence-corrected chi connectivity index (χ3v) is 1.79. The van der Waals surface area contributed by atoms with Crippen molar-refractivity contribution < 1.29 is 9.53 Å². The molecule has 76 valence electrons. The van der Waals surface area contributed by atoms with Gasteiger partial charge in [-0.2, -0.15) is 0 Å². The molecule has 13 heavy (non-hydrogen) atoms. The van der Waals surface area contributed by atoms with E-state index in [1.54, 1.807) is 0 Å². The van der Waals surface area contributed by atoms with Crippen molar-refractivity contribution in [1.82, 2.24) is 16.0 Å². The summed E-state index contributed by atoms with van der Waals surface area (Å²) in [6.07, 6.45) is -0.197. The molecule has 5 nitrogen and oxygen atoms in total. The number of carbonyl (C=O) groups is 1. The lowest BCUT2D eigenvalue weighted by Crippen LogP contribution is -2.42. The van der Waals surface area contributed by atoms with Gasteiger partial charge in [0.25, 0.3) is 0 Å². The van der Waals surface area contributed by atoms with Crippen molar-refractivity contribution in [3.8, 4) is 0 Å². The Balaban J connectivity index is 2.27. The summed E-state index contributed by atoms with van der Waals surface area (Å²) in [4.78, 5) is 10.7. The van der Waals surface area contributed by atoms with Crippen LogP contribution in [-0.4, -0.2) is 44.9 Å². The maximum absolute atomic E-state index is 10.7. The first kappa shape index (κ1) is 10.4. The van der Waals surface area contributed by atoms with Crippen molar-refractivity contribution in [2.45, 2.75) is 13.2 Å². The van der Waals surface area contributed by atoms with Gasteiger partial charge in [-0.15, -0.1) is 0 Å². The van der Waals surface area contributed by atoms with Gasteiger partial charge in [0.05, 0.1) is 0 Å². The van der Waals surface area contributed by atoms with Crippen LogP contribution >= 0.6 is 0 Å². The first-order chi connectivity index (χ1) is 6.29. The zero-order valence-electron chi connectivity index (χ0n) is 7.93. The standard InChI is InChI=1S/C8H17N3O2/c1-7(12)13-8-6-10-3-2-9-4-5-11-8/h8-11H,2-6H2,1H3. The summed E-state index contributed by atoms with van der Waals surface area (Å²) >= 11 is 0. The fraction of sp³-hybridized carbons (Fsp3) is 0.875. The Kier molecular flexibility index (Phi) is 4.74. The summed E-state index contributed by atoms with van der Waals surface area (Å²) in [5, 5.41) is 9.54. The lowest BCUT2D eigenvalue weighted by atomic mass is 10.5. The third-order valence-electron chi connectivity index (χ3n) is 1.79. The van der Waals surface area contributed by atoms with Crippen molar-refractivity contribution in [3.05, 3.63) is 0 Å². The SMILES string of the molecule is CC(=O)OC1CNCCNCCN1. The van der Waals surface area contributed by atoms with Crippen molar-refractivity contribution >= 4 is 5.97 Å². The number of hydrogen-bond acceptors (Lipinski definition) is 5. The van der Waals surface area contributed by atoms with E-state index in [-0.39, 0.29) is 12.2 Å². The summed E-state index contributed by atoms with van der Waals surface area (Å²) in [5.74, 6) is -0.244. The van der Waals surface area contributed by atoms with Crippen LogP contribution in [0.1, 0.15) is 6.92 Å². The highest BCUT2D eigenvalue weighted by molar-refractivity contribution is 5.66. The van der Waals surface area contributed by atoms with E-state index in [0.29, 0.717) is 6.54 Å². The zero-order chi connectivity index (χ0) is 9.52. The highest BCUT2D eigenvalue weighted by Gasteiger charge is 2.10. The van der Waals surface area contributed by atoms with Gasteiger partial charge in [0.15, 0.2) is 6.23 Å². The van der Waals surface area contributed by atoms with E-state index < -0.39 is 0 Å². The molecule has 1 heterocycles. The van der Waals surface area contributed by atoms with Gasteiger partial charge < -0.3 is 15.4 Å². The van der Waals surface area contributed by atoms with E-state index in [9.17, 15) is 4.79 Å². The highest BCUT2D eigenvalue weighted by Crippen LogP contribution is 1.87. The molecule has 1 saturated heterocycles. The average Bonchev–Trinajstić information content (AvgIpc) is 2.17. The van der Waals surface area contributed by atoms with Crippen molar-refractivity contribution in [1.29, 1.82) is 0 Å². The van der Waals surface area contributed by atoms with Gasteiger partial charge in [0.1, 0.15) is 0 Å². The average molecular weight is 187 g/mol. The minimum absolute atomic E-state index is 0.197. The van der Waals surface area contributed by atoms with Gasteiger partial charge in [-0.25, -0.2) is 0 Å². The molecule has 0 bridgehead atoms. The minimum atomic E-state index is -0.244. The van der Waals surface area contributed by atoms with Crippen LogP contribution in [0.2, 0.25) is 0 Å². The molecule has 5 heteroatoms. The third kappa shape index (κ3) is 4.82. The fourth-order valence-electron chi connectivity index (χ4n) is 1.21. The largest absolute Gasteiger partial charge is 0.445 e. The second kappa shape index (κ2) is 5.90. The van der Waals surface area contributed by atoms with E-state index in [2.05, 4.69) is 16.0 Å². The van der Waals surface area contributed by atoms with Crippen LogP contribution < -0.4 is 16.0 Å². The molecule has 0 radical (unpaired) electrons. The molecule has 0 saturated carbocycles. The number of esters is 1. The molecule has 0 aromatic rings. The Hall–Kier alpha value is -0.650. The van der Waals surface area contributed by atoms with Gasteiger partial charge in [-0.1, -0.05) is 0 Å². The number of hydrogen-bond donors (Lipinski definition) is 3. The van der Waals surface area contributed by atoms with Gasteiger partial charge in [0.2, 0.25) is 0 Å². The van der Waals surface area contributed by atoms with Gasteiger partial charge in [-0.05, 0) is 0 Å². The smallest absolute Gasteiger partial charge is 0.304 e. The fourth-order valence-corrected chi connectivity index (χ4v) is 1.21. The minimum Gasteiger partial charge on any atom is -0.445 e. The van der Waals surface area contributed by atoms with Crippen LogP contribution in [0, 0.1) is 0 Å². The molecule has 1 atom stereocenters. The monoisotopic (exact) mass is 187 g/mol. The Morgan fingerprint density at radius 2 is 1.92 bits per heavy atom. The second-order valence-electron chi connectivity index (χ2n) is 3.01. The van der Waals surface area contributed by atoms with E-state index in [4.69, 9.17) is 4.74 Å². The molecule has 0 amide bonds. The maximum Gasteiger partial charge on any atom is 0.304 e. The molecule has 0 aromatic carbocycles. The quantitative estimate of drug-likeness (QED) is 0.443. The summed E-state index contributed by atoms with van der Waals surface area (Å²) in [6, 6.07) is 0. The molecular formula is C8H17N3O2. The Morgan fingerprint density at radius 1 is 1.23 bits per heavy atom. The number of nitrogens with one attached hydrogen (secondary N) is 3. The lowest BCUT2D eigenvalue weighted by Gasteiger charge is -2.17. The Morgan fingerprint density at radius 3 is 2.69 bits per heavy atom. The Labute approximate surface area is 78.2 Å². The molecule has 1 aliphatic rings. The van der Waals surface area contributed by atoms with Crippen LogP contribution in [0.15, 0.2) is 0 Å². The summed E-state index contributed by atoms with van der Waals surface area (Å²) in [6.45, 7) is 5.67. The predicted molar refractivity (Wildman–Crippen MR) is 49.3 cm³/mol. The van der Waals surface area contributed by atoms with Crippen molar-refractivity contribution in [2.24, 2.45) is 0 Å². The molecule has 3 N–H and O–H groups in total. The normalized spacial score (nSPS) is 25.5. The summed E-state index contributed by atoms with van der Waals surface area (Å²) in [7, 11) is 0. The molecule has 0 aromatic heterocycles. The maximum atomic E-state index is 10.7. The van der Waals surface area contributed by atoms with E-state index in [1.807, 2.05) is 0 Å². The van der Waals surface area contributed by atoms with Crippen LogP contribution in [-0.2, 0) is 9.53 Å². The molecule has 0 spiro atoms. The second-order valence-corrected chi connectivity index (χ2v) is 3.01. The highest BCUT2D eigenvalue weighted by atomic mass is 16.6. The van der Waals surface area contributed by atoms with Crippen molar-refractivity contribution in [2.75, 3.05) is 32.7 Å². The topological polar surface area (TPSA) is 62.4 Å². The predicted octanol–water partition coefficient (Wildman–Crippen LogP) is -1.34. The van der Waals surface area contributed by atoms with Crippen LogP contribution in [0.4, 0.5) is 0 Å². The molecule has 1 fully saturated rings. The van der Waals surface area contributed by atoms with E-state index in [1.165, 1.54) is 6.92 Å². The Bertz CT molecular complexity index is 153. The molecule has 1 aliphatic heterocycles. The number of rotatable bonds is 1. The van der Waals surface area contributed by atoms with E-state index in [0.717, 1.165) is 26.2 Å². The van der Waals surface area contributed by atoms with Gasteiger partial charge >= 0.3 is 5.97 Å². The molecule has 1 unspecified atom stereocenters. The number of ether oxygens (including phenoxy) is 1. The van der Waals surface area contributed by atoms with Crippen LogP contribution in [0.5, 0.6) is 0 Å². The lowest BCUT2D eigenvalue weighted by molar-refractivity contribution is -0.147. The van der Waals surface area contributed by atoms with Gasteiger partial charge in [0, 0.05) is 39.6 Å².